The molecule has 0 bridgehead atoms. The van der Waals surface area contributed by atoms with Gasteiger partial charge in [0.2, 0.25) is 0 Å². The van der Waals surface area contributed by atoms with E-state index < -0.39 is 12.2 Å². The predicted octanol–water partition coefficient (Wildman–Crippen LogP) is -3.05. The molecular formula is C8H20N2O4. The van der Waals surface area contributed by atoms with Crippen LogP contribution in [0.4, 0.5) is 0 Å². The minimum atomic E-state index is -0.840. The zero-order chi connectivity index (χ0) is 11.0. The Balaban J connectivity index is 3.88. The van der Waals surface area contributed by atoms with Gasteiger partial charge in [0.15, 0.2) is 0 Å². The molecule has 0 spiro atoms. The molecule has 2 unspecified atom stereocenters. The number of rotatable bonds is 8. The summed E-state index contributed by atoms with van der Waals surface area (Å²) in [6.45, 7) is 0.743. The topological polar surface area (TPSA) is 110 Å². The highest BCUT2D eigenvalue weighted by atomic mass is 16.3. The first kappa shape index (κ1) is 13.8. The summed E-state index contributed by atoms with van der Waals surface area (Å²) in [5.74, 6) is 0. The predicted molar refractivity (Wildman–Crippen MR) is 51.7 cm³/mol. The van der Waals surface area contributed by atoms with Crippen LogP contribution in [0.3, 0.4) is 0 Å². The first-order valence-corrected chi connectivity index (χ1v) is 4.64. The molecule has 0 aliphatic carbocycles. The van der Waals surface area contributed by atoms with Crippen LogP contribution in [0.15, 0.2) is 0 Å². The lowest BCUT2D eigenvalue weighted by Gasteiger charge is -2.25. The van der Waals surface area contributed by atoms with Gasteiger partial charge in [-0.05, 0) is 0 Å². The number of aliphatic hydroxyl groups is 4. The van der Waals surface area contributed by atoms with Crippen molar-refractivity contribution < 1.29 is 20.4 Å². The fourth-order valence-electron chi connectivity index (χ4n) is 1.15. The zero-order valence-electron chi connectivity index (χ0n) is 8.21. The Labute approximate surface area is 83.6 Å². The molecule has 0 saturated carbocycles. The van der Waals surface area contributed by atoms with E-state index >= 15 is 0 Å². The van der Waals surface area contributed by atoms with Crippen molar-refractivity contribution in [2.75, 3.05) is 39.4 Å². The second-order valence-electron chi connectivity index (χ2n) is 3.22. The largest absolute Gasteiger partial charge is 0.394 e. The summed E-state index contributed by atoms with van der Waals surface area (Å²) in [5, 5.41) is 35.6. The highest BCUT2D eigenvalue weighted by Crippen LogP contribution is 1.94. The fourth-order valence-corrected chi connectivity index (χ4v) is 1.15. The number of aliphatic hydroxyl groups excluding tert-OH is 4. The van der Waals surface area contributed by atoms with Crippen molar-refractivity contribution in [3.8, 4) is 0 Å². The monoisotopic (exact) mass is 208 g/mol. The van der Waals surface area contributed by atoms with Gasteiger partial charge in [0, 0.05) is 26.2 Å². The van der Waals surface area contributed by atoms with E-state index in [-0.39, 0.29) is 26.3 Å². The van der Waals surface area contributed by atoms with Gasteiger partial charge in [0.05, 0.1) is 25.4 Å². The van der Waals surface area contributed by atoms with Gasteiger partial charge in [-0.2, -0.15) is 0 Å². The van der Waals surface area contributed by atoms with E-state index in [1.54, 1.807) is 4.90 Å². The molecule has 0 fully saturated rings. The van der Waals surface area contributed by atoms with Crippen molar-refractivity contribution >= 4 is 0 Å². The molecule has 0 saturated heterocycles. The Morgan fingerprint density at radius 3 is 1.71 bits per heavy atom. The molecule has 0 aliphatic heterocycles. The maximum atomic E-state index is 9.16. The van der Waals surface area contributed by atoms with E-state index in [1.807, 2.05) is 0 Å². The maximum absolute atomic E-state index is 9.16. The minimum absolute atomic E-state index is 0.241. The maximum Gasteiger partial charge on any atom is 0.0897 e. The molecule has 14 heavy (non-hydrogen) atoms. The molecule has 0 rings (SSSR count). The van der Waals surface area contributed by atoms with Crippen molar-refractivity contribution in [1.29, 1.82) is 0 Å². The fraction of sp³-hybridized carbons (Fsp3) is 1.00. The third kappa shape index (κ3) is 6.25. The van der Waals surface area contributed by atoms with Crippen LogP contribution in [-0.4, -0.2) is 76.9 Å². The standard InChI is InChI=1S/C8H20N2O4/c9-1-2-10(3-7(13)5-11)4-8(14)6-12/h7-8,11-14H,1-6,9H2. The Bertz CT molecular complexity index is 125. The lowest BCUT2D eigenvalue weighted by Crippen LogP contribution is -2.42. The lowest BCUT2D eigenvalue weighted by atomic mass is 10.3. The first-order valence-electron chi connectivity index (χ1n) is 4.64. The summed E-state index contributed by atoms with van der Waals surface area (Å²) in [4.78, 5) is 1.70. The van der Waals surface area contributed by atoms with E-state index in [1.165, 1.54) is 0 Å². The number of hydrogen-bond donors (Lipinski definition) is 5. The van der Waals surface area contributed by atoms with Crippen LogP contribution < -0.4 is 5.73 Å². The summed E-state index contributed by atoms with van der Waals surface area (Å²) in [6, 6.07) is 0. The van der Waals surface area contributed by atoms with Gasteiger partial charge in [-0.15, -0.1) is 0 Å². The highest BCUT2D eigenvalue weighted by Gasteiger charge is 2.13. The van der Waals surface area contributed by atoms with Crippen molar-refractivity contribution in [3.05, 3.63) is 0 Å². The number of nitrogens with two attached hydrogens (primary N) is 1. The van der Waals surface area contributed by atoms with Crippen LogP contribution in [0.1, 0.15) is 0 Å². The second kappa shape index (κ2) is 8.10. The van der Waals surface area contributed by atoms with Crippen LogP contribution in [0.5, 0.6) is 0 Å². The van der Waals surface area contributed by atoms with Crippen LogP contribution in [0.2, 0.25) is 0 Å². The van der Waals surface area contributed by atoms with Crippen LogP contribution in [0.25, 0.3) is 0 Å². The number of nitrogens with zero attached hydrogens (tertiary/aromatic N) is 1. The van der Waals surface area contributed by atoms with Gasteiger partial charge in [-0.25, -0.2) is 0 Å². The molecule has 86 valence electrons. The van der Waals surface area contributed by atoms with E-state index in [4.69, 9.17) is 26.2 Å². The van der Waals surface area contributed by atoms with E-state index in [0.717, 1.165) is 0 Å². The molecular weight excluding hydrogens is 188 g/mol. The van der Waals surface area contributed by atoms with Gasteiger partial charge in [-0.3, -0.25) is 4.90 Å². The Morgan fingerprint density at radius 1 is 1.00 bits per heavy atom. The molecule has 0 aliphatic rings. The molecule has 6 heteroatoms. The molecule has 0 heterocycles. The Morgan fingerprint density at radius 2 is 1.43 bits per heavy atom. The van der Waals surface area contributed by atoms with Gasteiger partial charge in [0.1, 0.15) is 0 Å². The Hall–Kier alpha value is -0.240. The highest BCUT2D eigenvalue weighted by molar-refractivity contribution is 4.68. The molecule has 0 amide bonds. The zero-order valence-corrected chi connectivity index (χ0v) is 8.21. The van der Waals surface area contributed by atoms with E-state index in [2.05, 4.69) is 0 Å². The molecule has 2 atom stereocenters. The number of hydrogen-bond acceptors (Lipinski definition) is 6. The van der Waals surface area contributed by atoms with Crippen LogP contribution in [-0.2, 0) is 0 Å². The first-order chi connectivity index (χ1) is 6.63. The van der Waals surface area contributed by atoms with E-state index in [0.29, 0.717) is 13.1 Å². The molecule has 0 aromatic heterocycles. The summed E-state index contributed by atoms with van der Waals surface area (Å²) < 4.78 is 0. The van der Waals surface area contributed by atoms with Gasteiger partial charge < -0.3 is 26.2 Å². The third-order valence-electron chi connectivity index (χ3n) is 1.80. The molecule has 6 N–H and O–H groups in total. The third-order valence-corrected chi connectivity index (χ3v) is 1.80. The van der Waals surface area contributed by atoms with Crippen molar-refractivity contribution in [3.63, 3.8) is 0 Å². The minimum Gasteiger partial charge on any atom is -0.394 e. The van der Waals surface area contributed by atoms with Gasteiger partial charge >= 0.3 is 0 Å². The molecule has 0 aromatic carbocycles. The van der Waals surface area contributed by atoms with Crippen molar-refractivity contribution in [2.45, 2.75) is 12.2 Å². The molecule has 6 nitrogen and oxygen atoms in total. The molecule has 0 aromatic rings. The summed E-state index contributed by atoms with van der Waals surface area (Å²) in [7, 11) is 0. The van der Waals surface area contributed by atoms with Crippen molar-refractivity contribution in [1.82, 2.24) is 4.90 Å². The average molecular weight is 208 g/mol. The summed E-state index contributed by atoms with van der Waals surface area (Å²) >= 11 is 0. The van der Waals surface area contributed by atoms with Gasteiger partial charge in [-0.1, -0.05) is 0 Å². The average Bonchev–Trinajstić information content (AvgIpc) is 2.17. The van der Waals surface area contributed by atoms with Crippen LogP contribution in [0, 0.1) is 0 Å². The quantitative estimate of drug-likeness (QED) is 0.290. The normalized spacial score (nSPS) is 15.9. The summed E-state index contributed by atoms with van der Waals surface area (Å²) in [5.41, 5.74) is 5.33. The van der Waals surface area contributed by atoms with Gasteiger partial charge in [0.25, 0.3) is 0 Å². The van der Waals surface area contributed by atoms with Crippen LogP contribution >= 0.6 is 0 Å². The second-order valence-corrected chi connectivity index (χ2v) is 3.22. The Kier molecular flexibility index (Phi) is 7.96. The van der Waals surface area contributed by atoms with E-state index in [9.17, 15) is 0 Å². The van der Waals surface area contributed by atoms with Crippen molar-refractivity contribution in [2.24, 2.45) is 5.73 Å². The summed E-state index contributed by atoms with van der Waals surface area (Å²) in [6.07, 6.45) is -1.68. The molecule has 0 radical (unpaired) electrons. The smallest absolute Gasteiger partial charge is 0.0897 e. The SMILES string of the molecule is NCCN(CC(O)CO)CC(O)CO. The lowest BCUT2D eigenvalue weighted by molar-refractivity contribution is 0.0245.